The highest BCUT2D eigenvalue weighted by Gasteiger charge is 2.35. The van der Waals surface area contributed by atoms with Crippen LogP contribution >= 0.6 is 11.3 Å². The zero-order valence-corrected chi connectivity index (χ0v) is 22.4. The Morgan fingerprint density at radius 3 is 1.90 bits per heavy atom. The van der Waals surface area contributed by atoms with Crippen molar-refractivity contribution < 1.29 is 0 Å². The predicted molar refractivity (Wildman–Crippen MR) is 160 cm³/mol. The molecule has 0 amide bonds. The molecule has 0 unspecified atom stereocenters. The Labute approximate surface area is 230 Å². The Kier molecular flexibility index (Phi) is 4.70. The number of thiophene rings is 1. The highest BCUT2D eigenvalue weighted by atomic mass is 32.1. The maximum Gasteiger partial charge on any atom is 0.164 e. The van der Waals surface area contributed by atoms with Crippen molar-refractivity contribution in [1.82, 2.24) is 19.5 Å². The maximum absolute atomic E-state index is 4.97. The quantitative estimate of drug-likeness (QED) is 0.234. The molecule has 0 atom stereocenters. The van der Waals surface area contributed by atoms with Gasteiger partial charge in [-0.2, -0.15) is 0 Å². The minimum atomic E-state index is -0.0502. The van der Waals surface area contributed by atoms with E-state index < -0.39 is 0 Å². The second kappa shape index (κ2) is 8.19. The summed E-state index contributed by atoms with van der Waals surface area (Å²) in [5.74, 6) is 2.02. The molecule has 0 aliphatic carbocycles. The summed E-state index contributed by atoms with van der Waals surface area (Å²) in [6.07, 6.45) is 0. The van der Waals surface area contributed by atoms with Gasteiger partial charge in [-0.25, -0.2) is 15.0 Å². The van der Waals surface area contributed by atoms with Gasteiger partial charge in [0.05, 0.1) is 16.7 Å². The number of hydrogen-bond acceptors (Lipinski definition) is 4. The number of hydrogen-bond donors (Lipinski definition) is 0. The Morgan fingerprint density at radius 2 is 1.23 bits per heavy atom. The molecule has 7 aromatic rings. The number of nitrogens with zero attached hydrogens (tertiary/aromatic N) is 4. The second-order valence-corrected chi connectivity index (χ2v) is 11.3. The van der Waals surface area contributed by atoms with Crippen molar-refractivity contribution in [1.29, 1.82) is 0 Å². The minimum Gasteiger partial charge on any atom is -0.308 e. The predicted octanol–water partition coefficient (Wildman–Crippen LogP) is 8.67. The molecule has 0 bridgehead atoms. The zero-order chi connectivity index (χ0) is 26.1. The maximum atomic E-state index is 4.97. The van der Waals surface area contributed by atoms with Crippen molar-refractivity contribution >= 4 is 33.1 Å². The lowest BCUT2D eigenvalue weighted by Crippen LogP contribution is -2.24. The number of aromatic nitrogens is 4. The van der Waals surface area contributed by atoms with Crippen molar-refractivity contribution in [2.45, 2.75) is 19.3 Å². The van der Waals surface area contributed by atoms with Gasteiger partial charge in [-0.15, -0.1) is 11.3 Å². The summed E-state index contributed by atoms with van der Waals surface area (Å²) in [6.45, 7) is 4.67. The molecule has 8 rings (SSSR count). The van der Waals surface area contributed by atoms with E-state index in [1.807, 2.05) is 60.7 Å². The Balaban J connectivity index is 1.39. The molecule has 39 heavy (non-hydrogen) atoms. The van der Waals surface area contributed by atoms with Gasteiger partial charge in [0.25, 0.3) is 0 Å². The summed E-state index contributed by atoms with van der Waals surface area (Å²) in [7, 11) is 0. The van der Waals surface area contributed by atoms with Crippen LogP contribution in [0.4, 0.5) is 0 Å². The molecular formula is C34H24N4S. The largest absolute Gasteiger partial charge is 0.308 e. The van der Waals surface area contributed by atoms with E-state index in [0.29, 0.717) is 17.5 Å². The summed E-state index contributed by atoms with van der Waals surface area (Å²) in [6, 6.07) is 33.6. The lowest BCUT2D eigenvalue weighted by atomic mass is 9.76. The number of benzene rings is 4. The fraction of sp³-hybridized carbons (Fsp3) is 0.0882. The Hall–Kier alpha value is -4.61. The molecule has 0 saturated heterocycles. The third-order valence-corrected chi connectivity index (χ3v) is 8.71. The molecule has 0 fully saturated rings. The van der Waals surface area contributed by atoms with Crippen LogP contribution in [-0.4, -0.2) is 19.5 Å². The smallest absolute Gasteiger partial charge is 0.164 e. The third-order valence-electron chi connectivity index (χ3n) is 7.97. The Bertz CT molecular complexity index is 1980. The van der Waals surface area contributed by atoms with E-state index in [9.17, 15) is 0 Å². The van der Waals surface area contributed by atoms with E-state index in [0.717, 1.165) is 16.7 Å². The molecule has 186 valence electrons. The summed E-state index contributed by atoms with van der Waals surface area (Å²) in [5, 5.41) is 7.06. The molecule has 5 heteroatoms. The van der Waals surface area contributed by atoms with Crippen LogP contribution < -0.4 is 0 Å². The molecule has 3 aromatic heterocycles. The van der Waals surface area contributed by atoms with Crippen molar-refractivity contribution in [3.63, 3.8) is 0 Å². The Morgan fingerprint density at radius 1 is 0.590 bits per heavy atom. The fourth-order valence-electron chi connectivity index (χ4n) is 5.98. The van der Waals surface area contributed by atoms with Crippen LogP contribution in [-0.2, 0) is 5.41 Å². The van der Waals surface area contributed by atoms with E-state index in [-0.39, 0.29) is 5.41 Å². The molecule has 0 N–H and O–H groups in total. The number of para-hydroxylation sites is 1. The van der Waals surface area contributed by atoms with Crippen molar-refractivity contribution in [3.05, 3.63) is 119 Å². The average Bonchev–Trinajstić information content (AvgIpc) is 3.61. The van der Waals surface area contributed by atoms with Crippen LogP contribution in [0.3, 0.4) is 0 Å². The van der Waals surface area contributed by atoms with Crippen molar-refractivity contribution in [2.75, 3.05) is 0 Å². The van der Waals surface area contributed by atoms with Crippen LogP contribution in [0, 0.1) is 0 Å². The molecule has 1 aliphatic heterocycles. The summed E-state index contributed by atoms with van der Waals surface area (Å²) < 4.78 is 2.44. The first kappa shape index (κ1) is 22.4. The molecule has 4 aromatic carbocycles. The van der Waals surface area contributed by atoms with Crippen LogP contribution in [0.2, 0.25) is 0 Å². The van der Waals surface area contributed by atoms with Gasteiger partial charge in [-0.05, 0) is 34.7 Å². The zero-order valence-electron chi connectivity index (χ0n) is 21.6. The first-order chi connectivity index (χ1) is 19.1. The van der Waals surface area contributed by atoms with Crippen LogP contribution in [0.15, 0.2) is 108 Å². The SMILES string of the molecule is CC1(C)c2cscc2-n2c3ccc(-c4nc(-c5ccccc5)nc(-c5ccccc5)n4)cc3c3cccc1c32. The van der Waals surface area contributed by atoms with E-state index in [4.69, 9.17) is 15.0 Å². The first-order valence-corrected chi connectivity index (χ1v) is 14.1. The van der Waals surface area contributed by atoms with Crippen molar-refractivity contribution in [3.8, 4) is 39.9 Å². The van der Waals surface area contributed by atoms with Gasteiger partial charge in [-0.1, -0.05) is 92.7 Å². The van der Waals surface area contributed by atoms with Crippen molar-refractivity contribution in [2.24, 2.45) is 0 Å². The van der Waals surface area contributed by atoms with Gasteiger partial charge in [0.2, 0.25) is 0 Å². The second-order valence-electron chi connectivity index (χ2n) is 10.6. The molecule has 0 radical (unpaired) electrons. The van der Waals surface area contributed by atoms with Crippen LogP contribution in [0.25, 0.3) is 61.7 Å². The van der Waals surface area contributed by atoms with Gasteiger partial charge in [0.15, 0.2) is 17.5 Å². The monoisotopic (exact) mass is 520 g/mol. The lowest BCUT2D eigenvalue weighted by Gasteiger charge is -2.32. The van der Waals surface area contributed by atoms with E-state index in [1.165, 1.54) is 38.6 Å². The molecular weight excluding hydrogens is 496 g/mol. The van der Waals surface area contributed by atoms with Crippen LogP contribution in [0.1, 0.15) is 25.0 Å². The van der Waals surface area contributed by atoms with Crippen LogP contribution in [0.5, 0.6) is 0 Å². The third kappa shape index (κ3) is 3.26. The lowest BCUT2D eigenvalue weighted by molar-refractivity contribution is 0.633. The van der Waals surface area contributed by atoms with Gasteiger partial charge in [-0.3, -0.25) is 0 Å². The number of fused-ring (bicyclic) bond motifs is 5. The van der Waals surface area contributed by atoms with E-state index in [2.05, 4.69) is 65.6 Å². The highest BCUT2D eigenvalue weighted by molar-refractivity contribution is 7.08. The first-order valence-electron chi connectivity index (χ1n) is 13.1. The standard InChI is InChI=1S/C34H24N4S/c1-34(2)26-15-9-14-24-25-18-23(16-17-28(25)38(30(24)26)29-20-39-19-27(29)34)33-36-31(21-10-5-3-6-11-21)35-32(37-33)22-12-7-4-8-13-22/h3-20H,1-2H3. The molecule has 0 spiro atoms. The molecule has 0 saturated carbocycles. The van der Waals surface area contributed by atoms with Gasteiger partial charge < -0.3 is 4.57 Å². The summed E-state index contributed by atoms with van der Waals surface area (Å²) in [4.78, 5) is 14.8. The van der Waals surface area contributed by atoms with E-state index >= 15 is 0 Å². The van der Waals surface area contributed by atoms with Gasteiger partial charge in [0, 0.05) is 38.3 Å². The number of rotatable bonds is 3. The van der Waals surface area contributed by atoms with Gasteiger partial charge in [0.1, 0.15) is 0 Å². The topological polar surface area (TPSA) is 43.6 Å². The van der Waals surface area contributed by atoms with E-state index in [1.54, 1.807) is 11.3 Å². The fourth-order valence-corrected chi connectivity index (χ4v) is 6.96. The minimum absolute atomic E-state index is 0.0502. The molecule has 4 heterocycles. The highest BCUT2D eigenvalue weighted by Crippen LogP contribution is 2.48. The molecule has 4 nitrogen and oxygen atoms in total. The van der Waals surface area contributed by atoms with Gasteiger partial charge >= 0.3 is 0 Å². The normalized spacial score (nSPS) is 13.6. The summed E-state index contributed by atoms with van der Waals surface area (Å²) in [5.41, 5.74) is 9.40. The average molecular weight is 521 g/mol. The summed E-state index contributed by atoms with van der Waals surface area (Å²) >= 11 is 1.78. The molecule has 1 aliphatic rings.